The molecular formula is C18H27NO2. The Morgan fingerprint density at radius 2 is 2.14 bits per heavy atom. The number of benzene rings is 1. The van der Waals surface area contributed by atoms with E-state index >= 15 is 0 Å². The van der Waals surface area contributed by atoms with Gasteiger partial charge in [0, 0.05) is 11.6 Å². The van der Waals surface area contributed by atoms with Gasteiger partial charge in [-0.1, -0.05) is 38.5 Å². The molecule has 1 aromatic rings. The maximum atomic E-state index is 10.6. The number of nitrogens with zero attached hydrogens (tertiary/aromatic N) is 1. The molecule has 3 rings (SSSR count). The van der Waals surface area contributed by atoms with Gasteiger partial charge in [-0.2, -0.15) is 0 Å². The average Bonchev–Trinajstić information content (AvgIpc) is 2.54. The number of ether oxygens (including phenoxy) is 1. The third-order valence-corrected chi connectivity index (χ3v) is 5.09. The minimum atomic E-state index is -0.420. The zero-order chi connectivity index (χ0) is 14.8. The van der Waals surface area contributed by atoms with Gasteiger partial charge in [0.05, 0.1) is 6.04 Å². The third kappa shape index (κ3) is 2.69. The number of aryl methyl sites for hydroxylation is 1. The minimum Gasteiger partial charge on any atom is -0.490 e. The van der Waals surface area contributed by atoms with Gasteiger partial charge >= 0.3 is 0 Å². The maximum Gasteiger partial charge on any atom is 0.127 e. The van der Waals surface area contributed by atoms with E-state index < -0.39 is 6.10 Å². The zero-order valence-corrected chi connectivity index (χ0v) is 13.2. The molecule has 3 heteroatoms. The third-order valence-electron chi connectivity index (χ3n) is 5.09. The number of para-hydroxylation sites is 1. The minimum absolute atomic E-state index is 0.102. The molecule has 0 radical (unpaired) electrons. The van der Waals surface area contributed by atoms with Crippen LogP contribution in [0.3, 0.4) is 0 Å². The number of hydrogen-bond acceptors (Lipinski definition) is 3. The molecule has 1 fully saturated rings. The summed E-state index contributed by atoms with van der Waals surface area (Å²) in [5, 5.41) is 10.6. The number of piperidine rings is 1. The molecule has 0 bridgehead atoms. The first kappa shape index (κ1) is 14.9. The highest BCUT2D eigenvalue weighted by atomic mass is 16.5. The fourth-order valence-electron chi connectivity index (χ4n) is 3.99. The van der Waals surface area contributed by atoms with Crippen molar-refractivity contribution < 1.29 is 9.84 Å². The van der Waals surface area contributed by atoms with Crippen molar-refractivity contribution >= 4 is 0 Å². The van der Waals surface area contributed by atoms with Gasteiger partial charge in [-0.05, 0) is 37.8 Å². The number of fused-ring (bicyclic) bond motifs is 1. The molecule has 1 saturated heterocycles. The van der Waals surface area contributed by atoms with Crippen molar-refractivity contribution in [1.29, 1.82) is 0 Å². The van der Waals surface area contributed by atoms with E-state index in [0.29, 0.717) is 12.6 Å². The van der Waals surface area contributed by atoms with Gasteiger partial charge in [0.25, 0.3) is 0 Å². The summed E-state index contributed by atoms with van der Waals surface area (Å²) >= 11 is 0. The smallest absolute Gasteiger partial charge is 0.127 e. The SMILES string of the molecule is CCc1cccc2c1OCC(O)C2N1CCCCC1CC. The first-order valence-electron chi connectivity index (χ1n) is 8.44. The van der Waals surface area contributed by atoms with Crippen molar-refractivity contribution in [1.82, 2.24) is 4.90 Å². The summed E-state index contributed by atoms with van der Waals surface area (Å²) in [6.45, 7) is 5.93. The summed E-state index contributed by atoms with van der Waals surface area (Å²) in [5.41, 5.74) is 2.45. The molecule has 2 aliphatic heterocycles. The molecule has 0 aliphatic carbocycles. The Morgan fingerprint density at radius 3 is 2.90 bits per heavy atom. The zero-order valence-electron chi connectivity index (χ0n) is 13.2. The van der Waals surface area contributed by atoms with Gasteiger partial charge in [0.2, 0.25) is 0 Å². The van der Waals surface area contributed by atoms with Crippen LogP contribution in [-0.2, 0) is 6.42 Å². The summed E-state index contributed by atoms with van der Waals surface area (Å²) in [5.74, 6) is 1.02. The quantitative estimate of drug-likeness (QED) is 0.926. The second kappa shape index (κ2) is 6.37. The van der Waals surface area contributed by atoms with Gasteiger partial charge in [0.15, 0.2) is 0 Å². The maximum absolute atomic E-state index is 10.6. The Bertz CT molecular complexity index is 488. The number of rotatable bonds is 3. The molecule has 3 unspecified atom stereocenters. The Morgan fingerprint density at radius 1 is 1.29 bits per heavy atom. The molecule has 1 aromatic carbocycles. The summed E-state index contributed by atoms with van der Waals surface area (Å²) in [7, 11) is 0. The second-order valence-electron chi connectivity index (χ2n) is 6.31. The van der Waals surface area contributed by atoms with Crippen LogP contribution < -0.4 is 4.74 Å². The standard InChI is InChI=1S/C18H27NO2/c1-3-13-8-7-10-15-17(16(20)12-21-18(13)15)19-11-6-5-9-14(19)4-2/h7-8,10,14,16-17,20H,3-6,9,11-12H2,1-2H3. The highest BCUT2D eigenvalue weighted by molar-refractivity contribution is 5.45. The van der Waals surface area contributed by atoms with E-state index in [4.69, 9.17) is 4.74 Å². The topological polar surface area (TPSA) is 32.7 Å². The molecule has 2 heterocycles. The average molecular weight is 289 g/mol. The monoisotopic (exact) mass is 289 g/mol. The molecule has 3 atom stereocenters. The van der Waals surface area contributed by atoms with E-state index in [1.165, 1.54) is 30.4 Å². The van der Waals surface area contributed by atoms with E-state index in [9.17, 15) is 5.11 Å². The van der Waals surface area contributed by atoms with E-state index in [1.807, 2.05) is 0 Å². The van der Waals surface area contributed by atoms with Crippen LogP contribution in [0.1, 0.15) is 56.7 Å². The van der Waals surface area contributed by atoms with E-state index in [1.54, 1.807) is 0 Å². The van der Waals surface area contributed by atoms with Crippen molar-refractivity contribution in [2.75, 3.05) is 13.2 Å². The Kier molecular flexibility index (Phi) is 4.51. The number of aliphatic hydroxyl groups excluding tert-OH is 1. The second-order valence-corrected chi connectivity index (χ2v) is 6.31. The lowest BCUT2D eigenvalue weighted by molar-refractivity contribution is -0.0293. The number of aliphatic hydroxyl groups is 1. The van der Waals surface area contributed by atoms with Gasteiger partial charge in [-0.3, -0.25) is 4.90 Å². The van der Waals surface area contributed by atoms with Crippen molar-refractivity contribution in [2.24, 2.45) is 0 Å². The molecular weight excluding hydrogens is 262 g/mol. The van der Waals surface area contributed by atoms with Crippen LogP contribution in [0.15, 0.2) is 18.2 Å². The van der Waals surface area contributed by atoms with Gasteiger partial charge in [0.1, 0.15) is 18.5 Å². The predicted molar refractivity (Wildman–Crippen MR) is 84.7 cm³/mol. The molecule has 3 nitrogen and oxygen atoms in total. The van der Waals surface area contributed by atoms with Crippen LogP contribution in [0, 0.1) is 0 Å². The fourth-order valence-corrected chi connectivity index (χ4v) is 3.99. The van der Waals surface area contributed by atoms with Crippen molar-refractivity contribution in [3.8, 4) is 5.75 Å². The van der Waals surface area contributed by atoms with Crippen LogP contribution >= 0.6 is 0 Å². The summed E-state index contributed by atoms with van der Waals surface area (Å²) in [6.07, 6.45) is 5.52. The molecule has 116 valence electrons. The van der Waals surface area contributed by atoms with Gasteiger partial charge in [-0.25, -0.2) is 0 Å². The van der Waals surface area contributed by atoms with Crippen molar-refractivity contribution in [3.05, 3.63) is 29.3 Å². The van der Waals surface area contributed by atoms with E-state index in [0.717, 1.165) is 25.1 Å². The molecule has 0 spiro atoms. The largest absolute Gasteiger partial charge is 0.490 e. The molecule has 1 N–H and O–H groups in total. The lowest BCUT2D eigenvalue weighted by Gasteiger charge is -2.45. The van der Waals surface area contributed by atoms with Crippen LogP contribution in [0.4, 0.5) is 0 Å². The highest BCUT2D eigenvalue weighted by Gasteiger charge is 2.38. The Hall–Kier alpha value is -1.06. The van der Waals surface area contributed by atoms with E-state index in [2.05, 4.69) is 36.9 Å². The van der Waals surface area contributed by atoms with Crippen LogP contribution in [0.2, 0.25) is 0 Å². The highest BCUT2D eigenvalue weighted by Crippen LogP contribution is 2.41. The predicted octanol–water partition coefficient (Wildman–Crippen LogP) is 3.31. The molecule has 0 saturated carbocycles. The molecule has 0 amide bonds. The first-order valence-corrected chi connectivity index (χ1v) is 8.44. The molecule has 0 aromatic heterocycles. The van der Waals surface area contributed by atoms with Gasteiger partial charge in [-0.15, -0.1) is 0 Å². The summed E-state index contributed by atoms with van der Waals surface area (Å²) in [6, 6.07) is 7.08. The number of hydrogen-bond donors (Lipinski definition) is 1. The van der Waals surface area contributed by atoms with Gasteiger partial charge < -0.3 is 9.84 Å². The van der Waals surface area contributed by atoms with Crippen molar-refractivity contribution in [2.45, 2.75) is 64.1 Å². The lowest BCUT2D eigenvalue weighted by Crippen LogP contribution is -2.49. The van der Waals surface area contributed by atoms with Crippen LogP contribution in [0.5, 0.6) is 5.75 Å². The number of likely N-dealkylation sites (tertiary alicyclic amines) is 1. The molecule has 21 heavy (non-hydrogen) atoms. The van der Waals surface area contributed by atoms with Crippen LogP contribution in [-0.4, -0.2) is 35.3 Å². The van der Waals surface area contributed by atoms with Crippen LogP contribution in [0.25, 0.3) is 0 Å². The molecule has 2 aliphatic rings. The summed E-state index contributed by atoms with van der Waals surface area (Å²) < 4.78 is 5.87. The fraction of sp³-hybridized carbons (Fsp3) is 0.667. The van der Waals surface area contributed by atoms with Crippen molar-refractivity contribution in [3.63, 3.8) is 0 Å². The Labute approximate surface area is 127 Å². The van der Waals surface area contributed by atoms with E-state index in [-0.39, 0.29) is 6.04 Å². The lowest BCUT2D eigenvalue weighted by atomic mass is 9.89. The first-order chi connectivity index (χ1) is 10.3. The normalized spacial score (nSPS) is 29.8. The Balaban J connectivity index is 1.98. The summed E-state index contributed by atoms with van der Waals surface area (Å²) in [4.78, 5) is 2.54.